The van der Waals surface area contributed by atoms with Crippen LogP contribution in [0.25, 0.3) is 11.1 Å². The third-order valence-corrected chi connectivity index (χ3v) is 6.13. The maximum Gasteiger partial charge on any atom is 0.257 e. The Morgan fingerprint density at radius 1 is 1.09 bits per heavy atom. The molecule has 0 saturated heterocycles. The first-order valence-electron chi connectivity index (χ1n) is 11.7. The van der Waals surface area contributed by atoms with Crippen molar-refractivity contribution in [1.82, 2.24) is 10.3 Å². The monoisotopic (exact) mass is 499 g/mol. The van der Waals surface area contributed by atoms with Crippen LogP contribution in [0.5, 0.6) is 11.6 Å². The Kier molecular flexibility index (Phi) is 9.60. The molecular formula is C27H31ClFN3O3. The van der Waals surface area contributed by atoms with Crippen LogP contribution >= 0.6 is 12.4 Å². The van der Waals surface area contributed by atoms with E-state index in [-0.39, 0.29) is 42.5 Å². The highest BCUT2D eigenvalue weighted by Crippen LogP contribution is 2.29. The summed E-state index contributed by atoms with van der Waals surface area (Å²) in [6.07, 6.45) is 5.90. The number of aryl methyl sites for hydroxylation is 1. The molecule has 0 unspecified atom stereocenters. The molecule has 2 aromatic carbocycles. The molecule has 0 aliphatic heterocycles. The second-order valence-electron chi connectivity index (χ2n) is 8.75. The van der Waals surface area contributed by atoms with Crippen LogP contribution in [-0.2, 0) is 6.42 Å². The Hall–Kier alpha value is -3.00. The zero-order chi connectivity index (χ0) is 23.9. The largest absolute Gasteiger partial charge is 0.438 e. The zero-order valence-corrected chi connectivity index (χ0v) is 20.3. The molecule has 1 aliphatic carbocycles. The summed E-state index contributed by atoms with van der Waals surface area (Å²) in [5.41, 5.74) is 9.13. The molecule has 1 heterocycles. The third-order valence-electron chi connectivity index (χ3n) is 6.13. The van der Waals surface area contributed by atoms with Gasteiger partial charge in [-0.15, -0.1) is 12.4 Å². The lowest BCUT2D eigenvalue weighted by Crippen LogP contribution is -2.40. The fourth-order valence-corrected chi connectivity index (χ4v) is 4.20. The van der Waals surface area contributed by atoms with E-state index >= 15 is 0 Å². The number of nitrogens with two attached hydrogens (primary N) is 1. The fraction of sp³-hybridized carbons (Fsp3) is 0.333. The van der Waals surface area contributed by atoms with Gasteiger partial charge in [0.1, 0.15) is 17.1 Å². The van der Waals surface area contributed by atoms with Crippen LogP contribution in [0.4, 0.5) is 4.39 Å². The number of aliphatic hydroxyl groups is 1. The molecule has 0 bridgehead atoms. The van der Waals surface area contributed by atoms with E-state index in [9.17, 15) is 9.18 Å². The van der Waals surface area contributed by atoms with E-state index in [4.69, 9.17) is 15.6 Å². The standard InChI is InChI=1S/C27H30FN3O3.ClH/c28-21-16-25(26(33)31-23-12-10-22(29)11-13-23)27(30-17-21)34-24-5-1-4-20(15-24)19-8-6-18(7-9-19)3-2-14-32;/h1,4-9,15-17,22-23,32H,2-3,10-14,29H2,(H,31,33);1H. The lowest BCUT2D eigenvalue weighted by Gasteiger charge is -2.27. The SMILES string of the molecule is Cl.NC1CCC(NC(=O)c2cc(F)cnc2Oc2cccc(-c3ccc(CCCO)cc3)c2)CC1. The van der Waals surface area contributed by atoms with Gasteiger partial charge in [0.15, 0.2) is 0 Å². The summed E-state index contributed by atoms with van der Waals surface area (Å²) >= 11 is 0. The molecule has 0 atom stereocenters. The van der Waals surface area contributed by atoms with Crippen molar-refractivity contribution < 1.29 is 19.0 Å². The maximum atomic E-state index is 13.9. The number of halogens is 2. The van der Waals surface area contributed by atoms with E-state index in [0.717, 1.165) is 67.5 Å². The molecule has 1 amide bonds. The molecular weight excluding hydrogens is 469 g/mol. The summed E-state index contributed by atoms with van der Waals surface area (Å²) in [5, 5.41) is 12.0. The van der Waals surface area contributed by atoms with Crippen LogP contribution in [0.3, 0.4) is 0 Å². The Balaban J connectivity index is 0.00000342. The van der Waals surface area contributed by atoms with Crippen molar-refractivity contribution in [3.63, 3.8) is 0 Å². The van der Waals surface area contributed by atoms with Gasteiger partial charge in [-0.1, -0.05) is 36.4 Å². The average Bonchev–Trinajstić information content (AvgIpc) is 2.85. The smallest absolute Gasteiger partial charge is 0.257 e. The third kappa shape index (κ3) is 7.24. The minimum atomic E-state index is -0.599. The van der Waals surface area contributed by atoms with Crippen molar-refractivity contribution in [2.45, 2.75) is 50.6 Å². The molecule has 8 heteroatoms. The number of amides is 1. The predicted molar refractivity (Wildman–Crippen MR) is 136 cm³/mol. The highest BCUT2D eigenvalue weighted by molar-refractivity contribution is 5.96. The van der Waals surface area contributed by atoms with Gasteiger partial charge < -0.3 is 20.9 Å². The normalized spacial score (nSPS) is 17.3. The van der Waals surface area contributed by atoms with E-state index in [1.807, 2.05) is 42.5 Å². The molecule has 1 fully saturated rings. The molecule has 3 aromatic rings. The highest BCUT2D eigenvalue weighted by atomic mass is 35.5. The number of hydrogen-bond donors (Lipinski definition) is 3. The summed E-state index contributed by atoms with van der Waals surface area (Å²) in [4.78, 5) is 17.0. The van der Waals surface area contributed by atoms with Gasteiger partial charge in [0.05, 0.1) is 6.20 Å². The van der Waals surface area contributed by atoms with Gasteiger partial charge in [0, 0.05) is 18.7 Å². The molecule has 1 aromatic heterocycles. The number of ether oxygens (including phenoxy) is 1. The van der Waals surface area contributed by atoms with Gasteiger partial charge in [-0.25, -0.2) is 9.37 Å². The number of rotatable bonds is 8. The van der Waals surface area contributed by atoms with Gasteiger partial charge in [0.2, 0.25) is 5.88 Å². The van der Waals surface area contributed by atoms with Crippen molar-refractivity contribution >= 4 is 18.3 Å². The summed E-state index contributed by atoms with van der Waals surface area (Å²) in [7, 11) is 0. The second kappa shape index (κ2) is 12.6. The van der Waals surface area contributed by atoms with Crippen LogP contribution in [0, 0.1) is 5.82 Å². The minimum absolute atomic E-state index is 0. The first-order chi connectivity index (χ1) is 16.5. The first-order valence-corrected chi connectivity index (χ1v) is 11.7. The van der Waals surface area contributed by atoms with Gasteiger partial charge in [-0.2, -0.15) is 0 Å². The van der Waals surface area contributed by atoms with Gasteiger partial charge in [0.25, 0.3) is 5.91 Å². The van der Waals surface area contributed by atoms with Gasteiger partial charge in [-0.3, -0.25) is 4.79 Å². The molecule has 4 N–H and O–H groups in total. The average molecular weight is 500 g/mol. The molecule has 0 spiro atoms. The summed E-state index contributed by atoms with van der Waals surface area (Å²) in [5.74, 6) is -0.447. The molecule has 35 heavy (non-hydrogen) atoms. The summed E-state index contributed by atoms with van der Waals surface area (Å²) in [6.45, 7) is 0.174. The fourth-order valence-electron chi connectivity index (χ4n) is 4.20. The Bertz CT molecular complexity index is 1120. The Labute approximate surface area is 211 Å². The van der Waals surface area contributed by atoms with E-state index in [1.165, 1.54) is 0 Å². The lowest BCUT2D eigenvalue weighted by atomic mass is 9.91. The quantitative estimate of drug-likeness (QED) is 0.404. The zero-order valence-electron chi connectivity index (χ0n) is 19.5. The number of nitrogens with zero attached hydrogens (tertiary/aromatic N) is 1. The van der Waals surface area contributed by atoms with Crippen LogP contribution in [0.15, 0.2) is 60.8 Å². The van der Waals surface area contributed by atoms with Gasteiger partial charge >= 0.3 is 0 Å². The first kappa shape index (κ1) is 26.6. The number of carbonyl (C=O) groups excluding carboxylic acids is 1. The Morgan fingerprint density at radius 2 is 1.83 bits per heavy atom. The molecule has 6 nitrogen and oxygen atoms in total. The summed E-state index contributed by atoms with van der Waals surface area (Å²) in [6, 6.07) is 16.9. The van der Waals surface area contributed by atoms with Crippen molar-refractivity contribution in [3.05, 3.63) is 77.7 Å². The number of hydrogen-bond acceptors (Lipinski definition) is 5. The maximum absolute atomic E-state index is 13.9. The number of benzene rings is 2. The van der Waals surface area contributed by atoms with E-state index in [0.29, 0.717) is 5.75 Å². The number of aromatic nitrogens is 1. The topological polar surface area (TPSA) is 97.5 Å². The number of carbonyl (C=O) groups is 1. The van der Waals surface area contributed by atoms with Crippen LogP contribution in [-0.4, -0.2) is 34.7 Å². The van der Waals surface area contributed by atoms with Crippen molar-refractivity contribution in [2.24, 2.45) is 5.73 Å². The highest BCUT2D eigenvalue weighted by Gasteiger charge is 2.23. The van der Waals surface area contributed by atoms with Crippen molar-refractivity contribution in [1.29, 1.82) is 0 Å². The minimum Gasteiger partial charge on any atom is -0.438 e. The molecule has 186 valence electrons. The van der Waals surface area contributed by atoms with E-state index < -0.39 is 11.7 Å². The van der Waals surface area contributed by atoms with E-state index in [1.54, 1.807) is 6.07 Å². The molecule has 1 aliphatic rings. The van der Waals surface area contributed by atoms with Gasteiger partial charge in [-0.05, 0) is 73.4 Å². The number of aliphatic hydroxyl groups excluding tert-OH is 1. The lowest BCUT2D eigenvalue weighted by molar-refractivity contribution is 0.0922. The van der Waals surface area contributed by atoms with Crippen LogP contribution < -0.4 is 15.8 Å². The molecule has 1 saturated carbocycles. The predicted octanol–water partition coefficient (Wildman–Crippen LogP) is 5.03. The summed E-state index contributed by atoms with van der Waals surface area (Å²) < 4.78 is 19.9. The van der Waals surface area contributed by atoms with Crippen molar-refractivity contribution in [2.75, 3.05) is 6.61 Å². The molecule has 4 rings (SSSR count). The van der Waals surface area contributed by atoms with E-state index in [2.05, 4.69) is 10.3 Å². The second-order valence-corrected chi connectivity index (χ2v) is 8.75. The number of nitrogens with one attached hydrogen (secondary N) is 1. The molecule has 0 radical (unpaired) electrons. The number of pyridine rings is 1. The van der Waals surface area contributed by atoms with Crippen molar-refractivity contribution in [3.8, 4) is 22.8 Å². The Morgan fingerprint density at radius 3 is 2.54 bits per heavy atom. The van der Waals surface area contributed by atoms with Crippen LogP contribution in [0.2, 0.25) is 0 Å². The van der Waals surface area contributed by atoms with Crippen LogP contribution in [0.1, 0.15) is 48.0 Å².